The smallest absolute Gasteiger partial charge is 0.243 e. The van der Waals surface area contributed by atoms with E-state index in [0.717, 1.165) is 14.8 Å². The van der Waals surface area contributed by atoms with Gasteiger partial charge in [-0.3, -0.25) is 4.79 Å². The number of carbonyl (C=O) groups is 1. The Labute approximate surface area is 178 Å². The predicted molar refractivity (Wildman–Crippen MR) is 115 cm³/mol. The van der Waals surface area contributed by atoms with E-state index in [0.29, 0.717) is 31.0 Å². The molecule has 0 aromatic heterocycles. The molecule has 0 bridgehead atoms. The van der Waals surface area contributed by atoms with Gasteiger partial charge in [-0.25, -0.2) is 8.42 Å². The molecular formula is C19H20ClIN2O3S. The molecule has 8 heteroatoms. The van der Waals surface area contributed by atoms with Gasteiger partial charge in [-0.2, -0.15) is 4.31 Å². The van der Waals surface area contributed by atoms with Crippen LogP contribution in [0.1, 0.15) is 18.4 Å². The molecule has 1 aliphatic heterocycles. The van der Waals surface area contributed by atoms with Crippen LogP contribution in [-0.4, -0.2) is 31.7 Å². The number of benzene rings is 2. The van der Waals surface area contributed by atoms with E-state index in [1.54, 1.807) is 12.1 Å². The maximum absolute atomic E-state index is 12.7. The van der Waals surface area contributed by atoms with Crippen LogP contribution in [0.25, 0.3) is 0 Å². The molecule has 5 nitrogen and oxygen atoms in total. The molecule has 1 fully saturated rings. The topological polar surface area (TPSA) is 66.5 Å². The minimum atomic E-state index is -3.56. The molecule has 27 heavy (non-hydrogen) atoms. The summed E-state index contributed by atoms with van der Waals surface area (Å²) < 4.78 is 28.0. The minimum absolute atomic E-state index is 0.0529. The number of rotatable bonds is 4. The normalized spacial score (nSPS) is 16.3. The highest BCUT2D eigenvalue weighted by Gasteiger charge is 2.32. The Morgan fingerprint density at radius 1 is 1.15 bits per heavy atom. The van der Waals surface area contributed by atoms with Gasteiger partial charge >= 0.3 is 0 Å². The van der Waals surface area contributed by atoms with E-state index in [4.69, 9.17) is 11.6 Å². The van der Waals surface area contributed by atoms with Gasteiger partial charge in [0.15, 0.2) is 0 Å². The molecule has 2 aromatic rings. The monoisotopic (exact) mass is 518 g/mol. The van der Waals surface area contributed by atoms with Crippen LogP contribution in [0.4, 0.5) is 5.69 Å². The van der Waals surface area contributed by atoms with E-state index in [1.165, 1.54) is 16.4 Å². The number of anilines is 1. The van der Waals surface area contributed by atoms with E-state index in [2.05, 4.69) is 27.9 Å². The third-order valence-corrected chi connectivity index (χ3v) is 7.56. The molecule has 1 heterocycles. The van der Waals surface area contributed by atoms with E-state index < -0.39 is 10.0 Å². The number of hydrogen-bond acceptors (Lipinski definition) is 3. The summed E-state index contributed by atoms with van der Waals surface area (Å²) in [6.45, 7) is 2.61. The van der Waals surface area contributed by atoms with Crippen molar-refractivity contribution in [2.75, 3.05) is 18.4 Å². The van der Waals surface area contributed by atoms with Gasteiger partial charge in [-0.15, -0.1) is 0 Å². The first-order chi connectivity index (χ1) is 12.8. The van der Waals surface area contributed by atoms with Crippen LogP contribution < -0.4 is 5.32 Å². The van der Waals surface area contributed by atoms with E-state index >= 15 is 0 Å². The van der Waals surface area contributed by atoms with Crippen LogP contribution in [0, 0.1) is 16.4 Å². The van der Waals surface area contributed by atoms with Crippen LogP contribution in [0.2, 0.25) is 5.02 Å². The Morgan fingerprint density at radius 3 is 2.37 bits per heavy atom. The average Bonchev–Trinajstić information content (AvgIpc) is 2.64. The number of hydrogen-bond donors (Lipinski definition) is 1. The fraction of sp³-hybridized carbons (Fsp3) is 0.316. The molecule has 0 atom stereocenters. The summed E-state index contributed by atoms with van der Waals surface area (Å²) in [5, 5.41) is 3.47. The lowest BCUT2D eigenvalue weighted by Crippen LogP contribution is -2.41. The van der Waals surface area contributed by atoms with Crippen molar-refractivity contribution in [3.05, 3.63) is 56.6 Å². The van der Waals surface area contributed by atoms with Crippen molar-refractivity contribution in [2.45, 2.75) is 24.7 Å². The second-order valence-corrected chi connectivity index (χ2v) is 10.2. The molecule has 1 N–H and O–H groups in total. The quantitative estimate of drug-likeness (QED) is 0.614. The molecule has 0 aliphatic carbocycles. The highest BCUT2D eigenvalue weighted by Crippen LogP contribution is 2.26. The van der Waals surface area contributed by atoms with Crippen molar-refractivity contribution in [3.8, 4) is 0 Å². The van der Waals surface area contributed by atoms with Crippen molar-refractivity contribution in [1.29, 1.82) is 0 Å². The van der Waals surface area contributed by atoms with Crippen molar-refractivity contribution in [1.82, 2.24) is 4.31 Å². The van der Waals surface area contributed by atoms with Gasteiger partial charge < -0.3 is 5.32 Å². The molecule has 1 amide bonds. The van der Waals surface area contributed by atoms with Crippen molar-refractivity contribution in [2.24, 2.45) is 5.92 Å². The Kier molecular flexibility index (Phi) is 6.45. The molecule has 1 saturated heterocycles. The highest BCUT2D eigenvalue weighted by atomic mass is 127. The van der Waals surface area contributed by atoms with Gasteiger partial charge in [0.05, 0.1) is 4.90 Å². The zero-order valence-electron chi connectivity index (χ0n) is 14.8. The van der Waals surface area contributed by atoms with E-state index in [9.17, 15) is 13.2 Å². The SMILES string of the molecule is Cc1cc(I)ccc1NC(=O)C1CCN(S(=O)(=O)c2ccc(Cl)cc2)CC1. The molecule has 144 valence electrons. The molecule has 2 aromatic carbocycles. The molecule has 3 rings (SSSR count). The first kappa shape index (κ1) is 20.6. The second-order valence-electron chi connectivity index (χ2n) is 6.58. The lowest BCUT2D eigenvalue weighted by atomic mass is 9.97. The third kappa shape index (κ3) is 4.82. The zero-order chi connectivity index (χ0) is 19.6. The largest absolute Gasteiger partial charge is 0.326 e. The Balaban J connectivity index is 1.62. The maximum Gasteiger partial charge on any atom is 0.243 e. The van der Waals surface area contributed by atoms with Gasteiger partial charge in [0.25, 0.3) is 0 Å². The van der Waals surface area contributed by atoms with Crippen LogP contribution in [0.5, 0.6) is 0 Å². The molecule has 0 radical (unpaired) electrons. The molecular weight excluding hydrogens is 499 g/mol. The van der Waals surface area contributed by atoms with Crippen LogP contribution in [-0.2, 0) is 14.8 Å². The fourth-order valence-corrected chi connectivity index (χ4v) is 5.36. The summed E-state index contributed by atoms with van der Waals surface area (Å²) in [5.41, 5.74) is 1.81. The summed E-state index contributed by atoms with van der Waals surface area (Å²) in [4.78, 5) is 12.8. The van der Waals surface area contributed by atoms with Crippen LogP contribution in [0.15, 0.2) is 47.4 Å². The Hall–Kier alpha value is -1.16. The molecule has 0 unspecified atom stereocenters. The first-order valence-electron chi connectivity index (χ1n) is 8.60. The van der Waals surface area contributed by atoms with Crippen LogP contribution in [0.3, 0.4) is 0 Å². The molecule has 0 spiro atoms. The summed E-state index contributed by atoms with van der Waals surface area (Å²) in [6.07, 6.45) is 1.00. The Bertz CT molecular complexity index is 940. The predicted octanol–water partition coefficient (Wildman–Crippen LogP) is 4.29. The van der Waals surface area contributed by atoms with Gasteiger partial charge in [0.2, 0.25) is 15.9 Å². The van der Waals surface area contributed by atoms with E-state index in [1.807, 2.05) is 25.1 Å². The second kappa shape index (κ2) is 8.46. The van der Waals surface area contributed by atoms with Gasteiger partial charge in [0.1, 0.15) is 0 Å². The van der Waals surface area contributed by atoms with Crippen molar-refractivity contribution >= 4 is 55.8 Å². The number of halogens is 2. The molecule has 1 aliphatic rings. The number of carbonyl (C=O) groups excluding carboxylic acids is 1. The first-order valence-corrected chi connectivity index (χ1v) is 11.5. The minimum Gasteiger partial charge on any atom is -0.326 e. The summed E-state index contributed by atoms with van der Waals surface area (Å²) in [5.74, 6) is -0.247. The van der Waals surface area contributed by atoms with Crippen molar-refractivity contribution < 1.29 is 13.2 Å². The molecule has 0 saturated carbocycles. The van der Waals surface area contributed by atoms with E-state index in [-0.39, 0.29) is 16.7 Å². The third-order valence-electron chi connectivity index (χ3n) is 4.72. The fourth-order valence-electron chi connectivity index (χ4n) is 3.12. The number of nitrogens with one attached hydrogen (secondary N) is 1. The summed E-state index contributed by atoms with van der Waals surface area (Å²) in [7, 11) is -3.56. The van der Waals surface area contributed by atoms with Gasteiger partial charge in [0, 0.05) is 33.3 Å². The lowest BCUT2D eigenvalue weighted by molar-refractivity contribution is -0.120. The number of piperidine rings is 1. The zero-order valence-corrected chi connectivity index (χ0v) is 18.5. The van der Waals surface area contributed by atoms with Crippen LogP contribution >= 0.6 is 34.2 Å². The number of aryl methyl sites for hydroxylation is 1. The maximum atomic E-state index is 12.7. The highest BCUT2D eigenvalue weighted by molar-refractivity contribution is 14.1. The summed E-state index contributed by atoms with van der Waals surface area (Å²) >= 11 is 8.07. The number of nitrogens with zero attached hydrogens (tertiary/aromatic N) is 1. The summed E-state index contributed by atoms with van der Waals surface area (Å²) in [6, 6.07) is 12.0. The number of sulfonamides is 1. The average molecular weight is 519 g/mol. The van der Waals surface area contributed by atoms with Crippen molar-refractivity contribution in [3.63, 3.8) is 0 Å². The standard InChI is InChI=1S/C19H20ClIN2O3S/c1-13-12-16(21)4-7-18(13)22-19(24)14-8-10-23(11-9-14)27(25,26)17-5-2-15(20)3-6-17/h2-7,12,14H,8-11H2,1H3,(H,22,24). The number of amides is 1. The van der Waals surface area contributed by atoms with Gasteiger partial charge in [-0.05, 0) is 90.4 Å². The van der Waals surface area contributed by atoms with Gasteiger partial charge in [-0.1, -0.05) is 11.6 Å². The lowest BCUT2D eigenvalue weighted by Gasteiger charge is -2.30. The Morgan fingerprint density at radius 2 is 1.78 bits per heavy atom.